The Morgan fingerprint density at radius 3 is 2.85 bits per heavy atom. The van der Waals surface area contributed by atoms with E-state index in [1.165, 1.54) is 50.6 Å². The number of rotatable bonds is 9. The molecule has 1 saturated carbocycles. The second kappa shape index (κ2) is 13.3. The number of nitrogens with one attached hydrogen (secondary N) is 1. The van der Waals surface area contributed by atoms with Gasteiger partial charge in [-0.1, -0.05) is 32.6 Å². The maximum Gasteiger partial charge on any atom is 0.0885 e. The summed E-state index contributed by atoms with van der Waals surface area (Å²) in [5.41, 5.74) is 2.34. The molecular formula is C21H40N4O2. The molecule has 0 amide bonds. The third-order valence-corrected chi connectivity index (χ3v) is 5.19. The van der Waals surface area contributed by atoms with Crippen LogP contribution in [0.4, 0.5) is 0 Å². The Kier molecular flexibility index (Phi) is 11.0. The van der Waals surface area contributed by atoms with Gasteiger partial charge in [-0.05, 0) is 39.4 Å². The van der Waals surface area contributed by atoms with Crippen LogP contribution in [0.25, 0.3) is 0 Å². The van der Waals surface area contributed by atoms with Gasteiger partial charge in [0.15, 0.2) is 0 Å². The van der Waals surface area contributed by atoms with Gasteiger partial charge in [0.1, 0.15) is 0 Å². The smallest absolute Gasteiger partial charge is 0.0885 e. The van der Waals surface area contributed by atoms with Crippen molar-refractivity contribution in [2.75, 3.05) is 40.4 Å². The van der Waals surface area contributed by atoms with Crippen LogP contribution in [0.1, 0.15) is 63.3 Å². The van der Waals surface area contributed by atoms with E-state index in [1.807, 2.05) is 7.05 Å². The Hall–Kier alpha value is -0.950. The number of likely N-dealkylation sites (N-methyl/N-ethyl adjacent to an activating group) is 2. The number of nitrogens with zero attached hydrogens (tertiary/aromatic N) is 3. The van der Waals surface area contributed by atoms with Crippen molar-refractivity contribution in [1.29, 1.82) is 0 Å². The van der Waals surface area contributed by atoms with Crippen molar-refractivity contribution >= 4 is 0 Å². The lowest BCUT2D eigenvalue weighted by atomic mass is 9.98. The first-order valence-electron chi connectivity index (χ1n) is 10.8. The van der Waals surface area contributed by atoms with E-state index in [-0.39, 0.29) is 0 Å². The second-order valence-corrected chi connectivity index (χ2v) is 7.73. The summed E-state index contributed by atoms with van der Waals surface area (Å²) in [7, 11) is 4.09. The molecule has 0 aromatic carbocycles. The van der Waals surface area contributed by atoms with E-state index < -0.39 is 0 Å². The first kappa shape index (κ1) is 22.3. The standard InChI is InChI=1S/C11H20N4O.C10H20O/c1-12-3-4-14(2)8-10-7-11-9-16-6-5-15(11)13-10;1-2-3-9-11-10-7-5-4-6-8-10/h7,12H,3-6,8-9H2,1-2H3;10H,2-9H2,1H3. The molecule has 27 heavy (non-hydrogen) atoms. The predicted molar refractivity (Wildman–Crippen MR) is 110 cm³/mol. The number of aromatic nitrogens is 2. The molecule has 0 bridgehead atoms. The first-order valence-corrected chi connectivity index (χ1v) is 10.8. The number of hydrogen-bond donors (Lipinski definition) is 1. The summed E-state index contributed by atoms with van der Waals surface area (Å²) in [6, 6.07) is 2.15. The van der Waals surface area contributed by atoms with Gasteiger partial charge >= 0.3 is 0 Å². The van der Waals surface area contributed by atoms with Gasteiger partial charge in [-0.3, -0.25) is 9.58 Å². The fourth-order valence-electron chi connectivity index (χ4n) is 3.51. The van der Waals surface area contributed by atoms with Gasteiger partial charge in [0.25, 0.3) is 0 Å². The average molecular weight is 381 g/mol. The van der Waals surface area contributed by atoms with E-state index in [4.69, 9.17) is 9.47 Å². The van der Waals surface area contributed by atoms with Crippen molar-refractivity contribution in [3.05, 3.63) is 17.5 Å². The van der Waals surface area contributed by atoms with Gasteiger partial charge < -0.3 is 14.8 Å². The quantitative estimate of drug-likeness (QED) is 0.667. The van der Waals surface area contributed by atoms with E-state index in [1.54, 1.807) is 0 Å². The minimum absolute atomic E-state index is 0.607. The first-order chi connectivity index (χ1) is 13.2. The SMILES string of the molecule is CCCCOC1CCCCC1.CNCCN(C)Cc1cc2n(n1)CCOC2. The molecule has 6 nitrogen and oxygen atoms in total. The maximum atomic E-state index is 5.72. The van der Waals surface area contributed by atoms with Gasteiger partial charge in [-0.25, -0.2) is 0 Å². The Morgan fingerprint density at radius 1 is 1.33 bits per heavy atom. The molecule has 0 spiro atoms. The van der Waals surface area contributed by atoms with Crippen LogP contribution in [0, 0.1) is 0 Å². The van der Waals surface area contributed by atoms with E-state index >= 15 is 0 Å². The van der Waals surface area contributed by atoms with E-state index in [9.17, 15) is 0 Å². The lowest BCUT2D eigenvalue weighted by Gasteiger charge is -2.21. The van der Waals surface area contributed by atoms with Crippen LogP contribution in [-0.2, 0) is 29.2 Å². The van der Waals surface area contributed by atoms with Crippen LogP contribution in [0.3, 0.4) is 0 Å². The highest BCUT2D eigenvalue weighted by Crippen LogP contribution is 2.20. The lowest BCUT2D eigenvalue weighted by Crippen LogP contribution is -2.27. The third kappa shape index (κ3) is 8.73. The summed E-state index contributed by atoms with van der Waals surface area (Å²) < 4.78 is 13.2. The number of ether oxygens (including phenoxy) is 2. The third-order valence-electron chi connectivity index (χ3n) is 5.19. The van der Waals surface area contributed by atoms with E-state index in [0.29, 0.717) is 12.7 Å². The number of fused-ring (bicyclic) bond motifs is 1. The molecule has 0 saturated heterocycles. The zero-order chi connectivity index (χ0) is 19.3. The largest absolute Gasteiger partial charge is 0.378 e. The molecule has 2 aliphatic rings. The lowest BCUT2D eigenvalue weighted by molar-refractivity contribution is 0.0269. The molecule has 1 aromatic heterocycles. The van der Waals surface area contributed by atoms with Crippen molar-refractivity contribution in [1.82, 2.24) is 20.0 Å². The molecule has 2 heterocycles. The Labute approximate surface area is 165 Å². The van der Waals surface area contributed by atoms with Gasteiger partial charge in [-0.15, -0.1) is 0 Å². The van der Waals surface area contributed by atoms with Crippen LogP contribution in [0.5, 0.6) is 0 Å². The van der Waals surface area contributed by atoms with Crippen molar-refractivity contribution in [2.24, 2.45) is 0 Å². The molecule has 0 radical (unpaired) electrons. The summed E-state index contributed by atoms with van der Waals surface area (Å²) in [5.74, 6) is 0. The predicted octanol–water partition coefficient (Wildman–Crippen LogP) is 3.20. The van der Waals surface area contributed by atoms with Crippen LogP contribution in [0.15, 0.2) is 6.07 Å². The molecular weight excluding hydrogens is 340 g/mol. The summed E-state index contributed by atoms with van der Waals surface area (Å²) in [5, 5.41) is 7.72. The van der Waals surface area contributed by atoms with Gasteiger partial charge in [0.05, 0.1) is 37.3 Å². The van der Waals surface area contributed by atoms with Crippen molar-refractivity contribution < 1.29 is 9.47 Å². The minimum atomic E-state index is 0.607. The Bertz CT molecular complexity index is 477. The molecule has 1 aromatic rings. The minimum Gasteiger partial charge on any atom is -0.378 e. The summed E-state index contributed by atoms with van der Waals surface area (Å²) in [4.78, 5) is 2.27. The van der Waals surface area contributed by atoms with Crippen molar-refractivity contribution in [3.63, 3.8) is 0 Å². The highest BCUT2D eigenvalue weighted by atomic mass is 16.5. The van der Waals surface area contributed by atoms with Crippen LogP contribution in [-0.4, -0.2) is 61.2 Å². The molecule has 0 unspecified atom stereocenters. The van der Waals surface area contributed by atoms with Crippen molar-refractivity contribution in [2.45, 2.75) is 77.7 Å². The molecule has 1 aliphatic heterocycles. The molecule has 1 N–H and O–H groups in total. The highest BCUT2D eigenvalue weighted by molar-refractivity contribution is 5.10. The molecule has 6 heteroatoms. The molecule has 3 rings (SSSR count). The van der Waals surface area contributed by atoms with Gasteiger partial charge in [-0.2, -0.15) is 5.10 Å². The van der Waals surface area contributed by atoms with Crippen LogP contribution >= 0.6 is 0 Å². The average Bonchev–Trinajstić information content (AvgIpc) is 3.10. The Balaban J connectivity index is 0.000000208. The molecule has 1 fully saturated rings. The summed E-state index contributed by atoms with van der Waals surface area (Å²) >= 11 is 0. The fraction of sp³-hybridized carbons (Fsp3) is 0.857. The summed E-state index contributed by atoms with van der Waals surface area (Å²) in [6.45, 7) is 8.52. The number of hydrogen-bond acceptors (Lipinski definition) is 5. The maximum absolute atomic E-state index is 5.72. The van der Waals surface area contributed by atoms with Crippen LogP contribution in [0.2, 0.25) is 0 Å². The van der Waals surface area contributed by atoms with E-state index in [0.717, 1.165) is 45.1 Å². The van der Waals surface area contributed by atoms with Crippen molar-refractivity contribution in [3.8, 4) is 0 Å². The summed E-state index contributed by atoms with van der Waals surface area (Å²) in [6.07, 6.45) is 9.91. The zero-order valence-corrected chi connectivity index (χ0v) is 17.7. The number of unbranched alkanes of at least 4 members (excludes halogenated alkanes) is 1. The molecule has 1 aliphatic carbocycles. The highest BCUT2D eigenvalue weighted by Gasteiger charge is 2.13. The van der Waals surface area contributed by atoms with Gasteiger partial charge in [0.2, 0.25) is 0 Å². The normalized spacial score (nSPS) is 17.5. The fourth-order valence-corrected chi connectivity index (χ4v) is 3.51. The monoisotopic (exact) mass is 380 g/mol. The zero-order valence-electron chi connectivity index (χ0n) is 17.7. The molecule has 0 atom stereocenters. The Morgan fingerprint density at radius 2 is 2.15 bits per heavy atom. The second-order valence-electron chi connectivity index (χ2n) is 7.73. The van der Waals surface area contributed by atoms with E-state index in [2.05, 4.69) is 40.0 Å². The topological polar surface area (TPSA) is 51.5 Å². The van der Waals surface area contributed by atoms with Gasteiger partial charge in [0, 0.05) is 26.2 Å². The van der Waals surface area contributed by atoms with Crippen LogP contribution < -0.4 is 5.32 Å². The molecule has 156 valence electrons.